The Morgan fingerprint density at radius 1 is 1.24 bits per heavy atom. The van der Waals surface area contributed by atoms with Crippen molar-refractivity contribution in [1.82, 2.24) is 15.1 Å². The number of hydrogen-bond donors (Lipinski definition) is 2. The second-order valence-electron chi connectivity index (χ2n) is 6.14. The number of benzene rings is 1. The van der Waals surface area contributed by atoms with Crippen LogP contribution in [0.1, 0.15) is 35.4 Å². The molecule has 6 nitrogen and oxygen atoms in total. The van der Waals surface area contributed by atoms with Crippen molar-refractivity contribution in [2.45, 2.75) is 32.2 Å². The second kappa shape index (κ2) is 7.06. The van der Waals surface area contributed by atoms with Crippen LogP contribution in [0.2, 0.25) is 10.0 Å². The van der Waals surface area contributed by atoms with Gasteiger partial charge in [0.05, 0.1) is 21.7 Å². The molecule has 1 amide bonds. The van der Waals surface area contributed by atoms with Crippen LogP contribution in [0, 0.1) is 12.8 Å². The number of nitrogens with one attached hydrogen (secondary N) is 1. The summed E-state index contributed by atoms with van der Waals surface area (Å²) in [6.07, 6.45) is 2.03. The molecule has 0 radical (unpaired) electrons. The lowest BCUT2D eigenvalue weighted by Gasteiger charge is -2.16. The second-order valence-corrected chi connectivity index (χ2v) is 6.95. The van der Waals surface area contributed by atoms with Gasteiger partial charge in [0, 0.05) is 11.7 Å². The summed E-state index contributed by atoms with van der Waals surface area (Å²) in [5.41, 5.74) is 1.68. The normalized spacial score (nSPS) is 19.8. The molecule has 1 aliphatic rings. The number of amides is 1. The first kappa shape index (κ1) is 17.8. The minimum Gasteiger partial charge on any atom is -0.481 e. The molecule has 1 aliphatic carbocycles. The molecule has 0 spiro atoms. The molecule has 2 N–H and O–H groups in total. The highest BCUT2D eigenvalue weighted by molar-refractivity contribution is 6.42. The Hall–Kier alpha value is -2.05. The number of halogens is 2. The van der Waals surface area contributed by atoms with E-state index in [-0.39, 0.29) is 17.6 Å². The van der Waals surface area contributed by atoms with Gasteiger partial charge in [0.15, 0.2) is 5.69 Å². The first-order valence-electron chi connectivity index (χ1n) is 7.92. The van der Waals surface area contributed by atoms with Crippen LogP contribution in [-0.4, -0.2) is 32.8 Å². The number of nitrogens with zero attached hydrogens (tertiary/aromatic N) is 2. The van der Waals surface area contributed by atoms with Crippen molar-refractivity contribution in [3.05, 3.63) is 45.7 Å². The molecule has 2 atom stereocenters. The first-order valence-corrected chi connectivity index (χ1v) is 8.68. The Morgan fingerprint density at radius 3 is 2.68 bits per heavy atom. The van der Waals surface area contributed by atoms with Gasteiger partial charge in [0.2, 0.25) is 0 Å². The van der Waals surface area contributed by atoms with E-state index in [4.69, 9.17) is 23.2 Å². The molecule has 1 heterocycles. The van der Waals surface area contributed by atoms with Crippen molar-refractivity contribution in [1.29, 1.82) is 0 Å². The van der Waals surface area contributed by atoms with Crippen LogP contribution in [0.15, 0.2) is 24.3 Å². The zero-order valence-corrected chi connectivity index (χ0v) is 15.0. The molecule has 1 fully saturated rings. The Balaban J connectivity index is 1.80. The summed E-state index contributed by atoms with van der Waals surface area (Å²) >= 11 is 12.0. The van der Waals surface area contributed by atoms with Gasteiger partial charge in [-0.1, -0.05) is 29.6 Å². The maximum atomic E-state index is 12.5. The fourth-order valence-corrected chi connectivity index (χ4v) is 3.43. The minimum absolute atomic E-state index is 0.236. The Bertz CT molecular complexity index is 835. The summed E-state index contributed by atoms with van der Waals surface area (Å²) in [6, 6.07) is 6.38. The van der Waals surface area contributed by atoms with Gasteiger partial charge in [-0.05, 0) is 44.0 Å². The number of rotatable bonds is 4. The van der Waals surface area contributed by atoms with Gasteiger partial charge in [-0.2, -0.15) is 5.10 Å². The van der Waals surface area contributed by atoms with Crippen LogP contribution < -0.4 is 5.32 Å². The van der Waals surface area contributed by atoms with Gasteiger partial charge in [-0.25, -0.2) is 4.68 Å². The number of hydrogen-bond acceptors (Lipinski definition) is 3. The zero-order valence-electron chi connectivity index (χ0n) is 13.5. The summed E-state index contributed by atoms with van der Waals surface area (Å²) in [6.45, 7) is 1.82. The summed E-state index contributed by atoms with van der Waals surface area (Å²) in [7, 11) is 0. The molecule has 2 aromatic rings. The van der Waals surface area contributed by atoms with Crippen molar-refractivity contribution in [2.24, 2.45) is 5.92 Å². The van der Waals surface area contributed by atoms with E-state index in [0.29, 0.717) is 28.6 Å². The number of aromatic nitrogens is 2. The number of carboxylic acid groups (broad SMARTS) is 1. The van der Waals surface area contributed by atoms with E-state index in [2.05, 4.69) is 10.4 Å². The van der Waals surface area contributed by atoms with E-state index < -0.39 is 11.9 Å². The predicted molar refractivity (Wildman–Crippen MR) is 94.6 cm³/mol. The van der Waals surface area contributed by atoms with Crippen molar-refractivity contribution in [3.63, 3.8) is 0 Å². The quantitative estimate of drug-likeness (QED) is 0.848. The maximum Gasteiger partial charge on any atom is 0.308 e. The van der Waals surface area contributed by atoms with Gasteiger partial charge < -0.3 is 10.4 Å². The molecule has 0 aliphatic heterocycles. The van der Waals surface area contributed by atoms with Crippen LogP contribution in [0.5, 0.6) is 0 Å². The van der Waals surface area contributed by atoms with Crippen LogP contribution in [0.25, 0.3) is 5.69 Å². The number of aryl methyl sites for hydroxylation is 1. The Kier molecular flexibility index (Phi) is 5.01. The van der Waals surface area contributed by atoms with Gasteiger partial charge in [0.1, 0.15) is 0 Å². The molecule has 1 aromatic heterocycles. The van der Waals surface area contributed by atoms with Gasteiger partial charge in [0.25, 0.3) is 5.91 Å². The highest BCUT2D eigenvalue weighted by atomic mass is 35.5. The van der Waals surface area contributed by atoms with Gasteiger partial charge >= 0.3 is 5.97 Å². The van der Waals surface area contributed by atoms with E-state index >= 15 is 0 Å². The molecule has 132 valence electrons. The summed E-state index contributed by atoms with van der Waals surface area (Å²) in [5, 5.41) is 17.2. The molecule has 0 saturated heterocycles. The van der Waals surface area contributed by atoms with E-state index in [1.807, 2.05) is 6.92 Å². The minimum atomic E-state index is -0.875. The third-order valence-electron chi connectivity index (χ3n) is 4.42. The molecule has 1 aromatic carbocycles. The van der Waals surface area contributed by atoms with Gasteiger partial charge in [-0.3, -0.25) is 9.59 Å². The maximum absolute atomic E-state index is 12.5. The molecular weight excluding hydrogens is 365 g/mol. The lowest BCUT2D eigenvalue weighted by Crippen LogP contribution is -2.40. The topological polar surface area (TPSA) is 84.2 Å². The smallest absolute Gasteiger partial charge is 0.308 e. The lowest BCUT2D eigenvalue weighted by molar-refractivity contribution is -0.142. The Morgan fingerprint density at radius 2 is 2.00 bits per heavy atom. The van der Waals surface area contributed by atoms with Crippen LogP contribution in [0.4, 0.5) is 0 Å². The number of aliphatic carboxylic acids is 1. The molecule has 1 saturated carbocycles. The monoisotopic (exact) mass is 381 g/mol. The summed E-state index contributed by atoms with van der Waals surface area (Å²) in [4.78, 5) is 23.7. The lowest BCUT2D eigenvalue weighted by atomic mass is 10.0. The fourth-order valence-electron chi connectivity index (χ4n) is 3.13. The standard InChI is InChI=1S/C17H17Cl2N3O3/c1-9-7-15(16(23)20-14-4-2-3-11(14)17(24)25)21-22(9)10-5-6-12(18)13(19)8-10/h5-8,11,14H,2-4H2,1H3,(H,20,23)(H,24,25)/t11-,14+/m0/s1. The molecule has 25 heavy (non-hydrogen) atoms. The predicted octanol–water partition coefficient (Wildman–Crippen LogP) is 3.47. The van der Waals surface area contributed by atoms with E-state index in [1.54, 1.807) is 28.9 Å². The first-order chi connectivity index (χ1) is 11.9. The molecule has 0 bridgehead atoms. The highest BCUT2D eigenvalue weighted by Gasteiger charge is 2.34. The molecule has 3 rings (SSSR count). The zero-order chi connectivity index (χ0) is 18.1. The van der Waals surface area contributed by atoms with E-state index in [9.17, 15) is 14.7 Å². The highest BCUT2D eigenvalue weighted by Crippen LogP contribution is 2.27. The third-order valence-corrected chi connectivity index (χ3v) is 5.16. The largest absolute Gasteiger partial charge is 0.481 e. The third kappa shape index (κ3) is 3.65. The SMILES string of the molecule is Cc1cc(C(=O)N[C@@H]2CCC[C@@H]2C(=O)O)nn1-c1ccc(Cl)c(Cl)c1. The van der Waals surface area contributed by atoms with E-state index in [1.165, 1.54) is 0 Å². The number of carbonyl (C=O) groups excluding carboxylic acids is 1. The summed E-state index contributed by atoms with van der Waals surface area (Å²) in [5.74, 6) is -1.79. The molecule has 0 unspecified atom stereocenters. The van der Waals surface area contributed by atoms with Crippen LogP contribution >= 0.6 is 23.2 Å². The average molecular weight is 382 g/mol. The molecule has 8 heteroatoms. The Labute approximate surface area is 154 Å². The van der Waals surface area contributed by atoms with Gasteiger partial charge in [-0.15, -0.1) is 0 Å². The number of carboxylic acids is 1. The van der Waals surface area contributed by atoms with E-state index in [0.717, 1.165) is 12.1 Å². The fraction of sp³-hybridized carbons (Fsp3) is 0.353. The van der Waals surface area contributed by atoms with Crippen LogP contribution in [0.3, 0.4) is 0 Å². The molecular formula is C17H17Cl2N3O3. The summed E-state index contributed by atoms with van der Waals surface area (Å²) < 4.78 is 1.60. The van der Waals surface area contributed by atoms with Crippen molar-refractivity contribution in [2.75, 3.05) is 0 Å². The van der Waals surface area contributed by atoms with Crippen molar-refractivity contribution < 1.29 is 14.7 Å². The average Bonchev–Trinajstić information content (AvgIpc) is 3.16. The number of carbonyl (C=O) groups is 2. The van der Waals surface area contributed by atoms with Crippen LogP contribution in [-0.2, 0) is 4.79 Å². The van der Waals surface area contributed by atoms with Crippen molar-refractivity contribution >= 4 is 35.1 Å². The van der Waals surface area contributed by atoms with Crippen molar-refractivity contribution in [3.8, 4) is 5.69 Å².